The van der Waals surface area contributed by atoms with Crippen LogP contribution in [0.5, 0.6) is 5.75 Å². The van der Waals surface area contributed by atoms with Crippen LogP contribution in [-0.4, -0.2) is 18.4 Å². The molecular weight excluding hydrogens is 363 g/mol. The molecule has 2 aromatic carbocycles. The van der Waals surface area contributed by atoms with E-state index in [0.717, 1.165) is 11.3 Å². The normalized spacial score (nSPS) is 10.2. The molecule has 0 heterocycles. The second-order valence-corrected chi connectivity index (χ2v) is 6.24. The Balaban J connectivity index is 1.67. The van der Waals surface area contributed by atoms with Gasteiger partial charge in [0, 0.05) is 22.0 Å². The van der Waals surface area contributed by atoms with Gasteiger partial charge >= 0.3 is 0 Å². The Hall–Kier alpha value is -2.24. The van der Waals surface area contributed by atoms with Gasteiger partial charge in [0.2, 0.25) is 5.91 Å². The fourth-order valence-corrected chi connectivity index (χ4v) is 2.40. The molecule has 0 saturated heterocycles. The number of aryl methyl sites for hydroxylation is 1. The van der Waals surface area contributed by atoms with Gasteiger partial charge in [0.25, 0.3) is 5.91 Å². The largest absolute Gasteiger partial charge is 0.493 e. The van der Waals surface area contributed by atoms with E-state index >= 15 is 0 Å². The molecule has 5 nitrogen and oxygen atoms in total. The predicted octanol–water partition coefficient (Wildman–Crippen LogP) is 3.92. The van der Waals surface area contributed by atoms with E-state index in [9.17, 15) is 9.59 Å². The first kappa shape index (κ1) is 19.1. The lowest BCUT2D eigenvalue weighted by Crippen LogP contribution is -2.41. The summed E-state index contributed by atoms with van der Waals surface area (Å²) in [5.74, 6) is 0.0395. The zero-order chi connectivity index (χ0) is 18.2. The molecule has 0 radical (unpaired) electrons. The third kappa shape index (κ3) is 6.29. The minimum Gasteiger partial charge on any atom is -0.493 e. The van der Waals surface area contributed by atoms with Crippen molar-refractivity contribution in [1.82, 2.24) is 10.9 Å². The lowest BCUT2D eigenvalue weighted by atomic mass is 10.2. The number of amides is 2. The molecule has 2 amide bonds. The first-order valence-electron chi connectivity index (χ1n) is 7.69. The number of carbonyl (C=O) groups is 2. The number of hydrazine groups is 1. The smallest absolute Gasteiger partial charge is 0.269 e. The van der Waals surface area contributed by atoms with Gasteiger partial charge in [-0.25, -0.2) is 0 Å². The van der Waals surface area contributed by atoms with Gasteiger partial charge in [-0.2, -0.15) is 0 Å². The molecule has 0 saturated carbocycles. The highest BCUT2D eigenvalue weighted by Gasteiger charge is 2.07. The number of carbonyl (C=O) groups excluding carboxylic acids is 2. The van der Waals surface area contributed by atoms with Crippen molar-refractivity contribution in [2.75, 3.05) is 6.61 Å². The summed E-state index contributed by atoms with van der Waals surface area (Å²) in [6, 6.07) is 11.7. The van der Waals surface area contributed by atoms with Crippen molar-refractivity contribution in [1.29, 1.82) is 0 Å². The molecule has 0 bridgehead atoms. The first-order valence-corrected chi connectivity index (χ1v) is 8.45. The number of nitrogens with one attached hydrogen (secondary N) is 2. The van der Waals surface area contributed by atoms with Gasteiger partial charge in [0.05, 0.1) is 6.61 Å². The molecule has 2 rings (SSSR count). The topological polar surface area (TPSA) is 67.4 Å². The van der Waals surface area contributed by atoms with Gasteiger partial charge in [-0.05, 0) is 61.4 Å². The number of hydrogen-bond donors (Lipinski definition) is 2. The van der Waals surface area contributed by atoms with Crippen LogP contribution in [0.1, 0.15) is 28.8 Å². The second-order valence-electron chi connectivity index (χ2n) is 5.37. The summed E-state index contributed by atoms with van der Waals surface area (Å²) in [7, 11) is 0. The molecule has 0 fully saturated rings. The highest BCUT2D eigenvalue weighted by molar-refractivity contribution is 6.31. The highest BCUT2D eigenvalue weighted by Crippen LogP contribution is 2.21. The maximum atomic E-state index is 11.8. The third-order valence-electron chi connectivity index (χ3n) is 3.36. The van der Waals surface area contributed by atoms with Crippen molar-refractivity contribution in [2.24, 2.45) is 0 Å². The van der Waals surface area contributed by atoms with E-state index < -0.39 is 5.91 Å². The van der Waals surface area contributed by atoms with Crippen LogP contribution in [0.15, 0.2) is 42.5 Å². The summed E-state index contributed by atoms with van der Waals surface area (Å²) in [5, 5.41) is 1.19. The van der Waals surface area contributed by atoms with Gasteiger partial charge in [-0.3, -0.25) is 20.4 Å². The van der Waals surface area contributed by atoms with Gasteiger partial charge in [0.15, 0.2) is 0 Å². The van der Waals surface area contributed by atoms with E-state index in [1.165, 1.54) is 0 Å². The molecule has 0 atom stereocenters. The molecule has 0 spiro atoms. The van der Waals surface area contributed by atoms with Gasteiger partial charge in [-0.1, -0.05) is 23.2 Å². The van der Waals surface area contributed by atoms with E-state index in [1.54, 1.807) is 36.4 Å². The van der Waals surface area contributed by atoms with E-state index in [0.29, 0.717) is 28.6 Å². The Labute approximate surface area is 156 Å². The summed E-state index contributed by atoms with van der Waals surface area (Å²) in [6.45, 7) is 2.29. The maximum Gasteiger partial charge on any atom is 0.269 e. The minimum absolute atomic E-state index is 0.230. The van der Waals surface area contributed by atoms with Crippen LogP contribution in [0.3, 0.4) is 0 Å². The Morgan fingerprint density at radius 3 is 2.36 bits per heavy atom. The number of halogens is 2. The van der Waals surface area contributed by atoms with Crippen molar-refractivity contribution in [2.45, 2.75) is 19.8 Å². The first-order chi connectivity index (χ1) is 12.0. The van der Waals surface area contributed by atoms with Crippen molar-refractivity contribution < 1.29 is 14.3 Å². The van der Waals surface area contributed by atoms with Gasteiger partial charge < -0.3 is 4.74 Å². The molecule has 2 aromatic rings. The van der Waals surface area contributed by atoms with Crippen molar-refractivity contribution in [3.05, 3.63) is 63.6 Å². The number of benzene rings is 2. The number of hydrogen-bond acceptors (Lipinski definition) is 3. The second kappa shape index (κ2) is 9.30. The van der Waals surface area contributed by atoms with Gasteiger partial charge in [0.1, 0.15) is 5.75 Å². The molecule has 0 aliphatic carbocycles. The third-order valence-corrected chi connectivity index (χ3v) is 3.85. The summed E-state index contributed by atoms with van der Waals surface area (Å²) in [4.78, 5) is 23.6. The molecule has 0 aliphatic rings. The Kier molecular flexibility index (Phi) is 7.10. The molecule has 0 aliphatic heterocycles. The van der Waals surface area contributed by atoms with Crippen LogP contribution >= 0.6 is 23.2 Å². The SMILES string of the molecule is Cc1cc(Cl)ccc1OCCCC(=O)NNC(=O)c1ccc(Cl)cc1. The monoisotopic (exact) mass is 380 g/mol. The predicted molar refractivity (Wildman–Crippen MR) is 98.0 cm³/mol. The molecule has 132 valence electrons. The van der Waals surface area contributed by atoms with Crippen molar-refractivity contribution in [3.63, 3.8) is 0 Å². The standard InChI is InChI=1S/C18H18Cl2N2O3/c1-12-11-15(20)8-9-16(12)25-10-2-3-17(23)21-22-18(24)13-4-6-14(19)7-5-13/h4-9,11H,2-3,10H2,1H3,(H,21,23)(H,22,24). The molecular formula is C18H18Cl2N2O3. The van der Waals surface area contributed by atoms with Crippen LogP contribution in [0, 0.1) is 6.92 Å². The fraction of sp³-hybridized carbons (Fsp3) is 0.222. The molecule has 0 aromatic heterocycles. The number of ether oxygens (including phenoxy) is 1. The van der Waals surface area contributed by atoms with Crippen LogP contribution < -0.4 is 15.6 Å². The Morgan fingerprint density at radius 2 is 1.68 bits per heavy atom. The lowest BCUT2D eigenvalue weighted by molar-refractivity contribution is -0.122. The lowest BCUT2D eigenvalue weighted by Gasteiger charge is -2.10. The fourth-order valence-electron chi connectivity index (χ4n) is 2.05. The summed E-state index contributed by atoms with van der Waals surface area (Å²) in [6.07, 6.45) is 0.748. The van der Waals surface area contributed by atoms with Crippen molar-refractivity contribution in [3.8, 4) is 5.75 Å². The van der Waals surface area contributed by atoms with E-state index in [4.69, 9.17) is 27.9 Å². The average Bonchev–Trinajstić information content (AvgIpc) is 2.58. The maximum absolute atomic E-state index is 11.8. The van der Waals surface area contributed by atoms with Crippen LogP contribution in [0.25, 0.3) is 0 Å². The van der Waals surface area contributed by atoms with Crippen LogP contribution in [0.2, 0.25) is 10.0 Å². The zero-order valence-corrected chi connectivity index (χ0v) is 15.2. The van der Waals surface area contributed by atoms with Gasteiger partial charge in [-0.15, -0.1) is 0 Å². The number of rotatable bonds is 6. The quantitative estimate of drug-likeness (QED) is 0.589. The Bertz CT molecular complexity index is 748. The Morgan fingerprint density at radius 1 is 1.00 bits per heavy atom. The molecule has 0 unspecified atom stereocenters. The van der Waals surface area contributed by atoms with E-state index in [-0.39, 0.29) is 12.3 Å². The highest BCUT2D eigenvalue weighted by atomic mass is 35.5. The summed E-state index contributed by atoms with van der Waals surface area (Å²) >= 11 is 11.6. The van der Waals surface area contributed by atoms with Crippen LogP contribution in [-0.2, 0) is 4.79 Å². The average molecular weight is 381 g/mol. The zero-order valence-electron chi connectivity index (χ0n) is 13.6. The molecule has 2 N–H and O–H groups in total. The summed E-state index contributed by atoms with van der Waals surface area (Å²) < 4.78 is 5.61. The van der Waals surface area contributed by atoms with E-state index in [1.807, 2.05) is 13.0 Å². The molecule has 25 heavy (non-hydrogen) atoms. The summed E-state index contributed by atoms with van der Waals surface area (Å²) in [5.41, 5.74) is 6.07. The van der Waals surface area contributed by atoms with Crippen LogP contribution in [0.4, 0.5) is 0 Å². The molecule has 7 heteroatoms. The minimum atomic E-state index is -0.405. The van der Waals surface area contributed by atoms with E-state index in [2.05, 4.69) is 10.9 Å². The van der Waals surface area contributed by atoms with Crippen molar-refractivity contribution >= 4 is 35.0 Å².